The van der Waals surface area contributed by atoms with Crippen molar-refractivity contribution in [1.29, 1.82) is 0 Å². The fourth-order valence-corrected chi connectivity index (χ4v) is 2.79. The van der Waals surface area contributed by atoms with Gasteiger partial charge in [-0.1, -0.05) is 50.0 Å². The van der Waals surface area contributed by atoms with Gasteiger partial charge in [-0.05, 0) is 23.6 Å². The third-order valence-electron chi connectivity index (χ3n) is 3.76. The Morgan fingerprint density at radius 1 is 1.27 bits per heavy atom. The van der Waals surface area contributed by atoms with E-state index in [0.29, 0.717) is 22.5 Å². The van der Waals surface area contributed by atoms with Gasteiger partial charge in [-0.2, -0.15) is 0 Å². The number of halogens is 2. The summed E-state index contributed by atoms with van der Waals surface area (Å²) in [5, 5.41) is 16.0. The van der Waals surface area contributed by atoms with E-state index < -0.39 is 0 Å². The number of hydrogen-bond acceptors (Lipinski definition) is 3. The van der Waals surface area contributed by atoms with Gasteiger partial charge in [0, 0.05) is 36.1 Å². The van der Waals surface area contributed by atoms with Gasteiger partial charge in [0.15, 0.2) is 5.96 Å². The fraction of sp³-hybridized carbons (Fsp3) is 0.500. The zero-order valence-electron chi connectivity index (χ0n) is 15.5. The fourth-order valence-electron chi connectivity index (χ4n) is 2.32. The SMILES string of the molecule is CCc1nncn1CCNC(=NCc1ccc(Cl)cc1Cl)NCC(C)C. The molecule has 0 saturated carbocycles. The molecule has 0 spiro atoms. The molecule has 0 unspecified atom stereocenters. The molecule has 142 valence electrons. The second kappa shape index (κ2) is 10.4. The van der Waals surface area contributed by atoms with Crippen molar-refractivity contribution >= 4 is 29.2 Å². The minimum atomic E-state index is 0.482. The van der Waals surface area contributed by atoms with Crippen LogP contribution in [-0.4, -0.2) is 33.8 Å². The first-order valence-corrected chi connectivity index (χ1v) is 9.58. The average molecular weight is 397 g/mol. The zero-order chi connectivity index (χ0) is 18.9. The Morgan fingerprint density at radius 2 is 2.08 bits per heavy atom. The third-order valence-corrected chi connectivity index (χ3v) is 4.34. The highest BCUT2D eigenvalue weighted by Crippen LogP contribution is 2.21. The van der Waals surface area contributed by atoms with E-state index in [1.165, 1.54) is 0 Å². The van der Waals surface area contributed by atoms with Crippen molar-refractivity contribution in [3.8, 4) is 0 Å². The predicted octanol–water partition coefficient (Wildman–Crippen LogP) is 3.54. The number of aliphatic imine (C=N–C) groups is 1. The van der Waals surface area contributed by atoms with Crippen LogP contribution in [0, 0.1) is 5.92 Å². The van der Waals surface area contributed by atoms with Crippen molar-refractivity contribution in [2.75, 3.05) is 13.1 Å². The highest BCUT2D eigenvalue weighted by molar-refractivity contribution is 6.35. The lowest BCUT2D eigenvalue weighted by Gasteiger charge is -2.15. The average Bonchev–Trinajstić information content (AvgIpc) is 3.05. The number of aryl methyl sites for hydroxylation is 1. The third kappa shape index (κ3) is 6.50. The summed E-state index contributed by atoms with van der Waals surface area (Å²) in [6, 6.07) is 5.46. The minimum Gasteiger partial charge on any atom is -0.356 e. The molecule has 0 aliphatic heterocycles. The summed E-state index contributed by atoms with van der Waals surface area (Å²) in [7, 11) is 0. The molecule has 26 heavy (non-hydrogen) atoms. The first-order chi connectivity index (χ1) is 12.5. The minimum absolute atomic E-state index is 0.482. The summed E-state index contributed by atoms with van der Waals surface area (Å²) >= 11 is 12.2. The molecule has 0 radical (unpaired) electrons. The van der Waals surface area contributed by atoms with Crippen molar-refractivity contribution in [3.05, 3.63) is 46.0 Å². The smallest absolute Gasteiger partial charge is 0.191 e. The molecule has 1 aromatic heterocycles. The monoisotopic (exact) mass is 396 g/mol. The van der Waals surface area contributed by atoms with Crippen LogP contribution in [0.5, 0.6) is 0 Å². The molecular formula is C18H26Cl2N6. The first-order valence-electron chi connectivity index (χ1n) is 8.82. The van der Waals surface area contributed by atoms with E-state index in [1.54, 1.807) is 12.4 Å². The lowest BCUT2D eigenvalue weighted by atomic mass is 10.2. The molecule has 0 atom stereocenters. The summed E-state index contributed by atoms with van der Waals surface area (Å²) in [5.74, 6) is 2.26. The zero-order valence-corrected chi connectivity index (χ0v) is 17.0. The van der Waals surface area contributed by atoms with E-state index in [9.17, 15) is 0 Å². The van der Waals surface area contributed by atoms with Crippen LogP contribution in [0.2, 0.25) is 10.0 Å². The van der Waals surface area contributed by atoms with Crippen LogP contribution in [0.4, 0.5) is 0 Å². The first kappa shape index (κ1) is 20.5. The van der Waals surface area contributed by atoms with Crippen molar-refractivity contribution in [3.63, 3.8) is 0 Å². The Hall–Kier alpha value is -1.79. The summed E-state index contributed by atoms with van der Waals surface area (Å²) < 4.78 is 2.04. The maximum atomic E-state index is 6.23. The van der Waals surface area contributed by atoms with Gasteiger partial charge in [0.25, 0.3) is 0 Å². The highest BCUT2D eigenvalue weighted by Gasteiger charge is 2.05. The van der Waals surface area contributed by atoms with Crippen LogP contribution in [0.25, 0.3) is 0 Å². The molecule has 2 N–H and O–H groups in total. The molecular weight excluding hydrogens is 371 g/mol. The number of guanidine groups is 1. The van der Waals surface area contributed by atoms with Crippen LogP contribution in [-0.2, 0) is 19.5 Å². The molecule has 0 aliphatic carbocycles. The van der Waals surface area contributed by atoms with Crippen molar-refractivity contribution in [2.24, 2.45) is 10.9 Å². The molecule has 0 aliphatic rings. The Bertz CT molecular complexity index is 726. The number of hydrogen-bond donors (Lipinski definition) is 2. The molecule has 0 bridgehead atoms. The van der Waals surface area contributed by atoms with Gasteiger partial charge in [-0.3, -0.25) is 0 Å². The standard InChI is InChI=1S/C18H26Cl2N6/c1-4-17-25-24-12-26(17)8-7-21-18(22-10-13(2)3)23-11-14-5-6-15(19)9-16(14)20/h5-6,9,12-13H,4,7-8,10-11H2,1-3H3,(H2,21,22,23). The van der Waals surface area contributed by atoms with Crippen LogP contribution in [0.15, 0.2) is 29.5 Å². The van der Waals surface area contributed by atoms with E-state index >= 15 is 0 Å². The number of nitrogens with zero attached hydrogens (tertiary/aromatic N) is 4. The van der Waals surface area contributed by atoms with Gasteiger partial charge in [-0.15, -0.1) is 10.2 Å². The topological polar surface area (TPSA) is 67.1 Å². The van der Waals surface area contributed by atoms with E-state index in [0.717, 1.165) is 43.4 Å². The van der Waals surface area contributed by atoms with Crippen LogP contribution < -0.4 is 10.6 Å². The molecule has 1 heterocycles. The molecule has 0 fully saturated rings. The van der Waals surface area contributed by atoms with Gasteiger partial charge in [0.05, 0.1) is 6.54 Å². The van der Waals surface area contributed by atoms with Crippen molar-refractivity contribution in [1.82, 2.24) is 25.4 Å². The van der Waals surface area contributed by atoms with Crippen LogP contribution in [0.3, 0.4) is 0 Å². The second-order valence-corrected chi connectivity index (χ2v) is 7.24. The predicted molar refractivity (Wildman–Crippen MR) is 108 cm³/mol. The maximum absolute atomic E-state index is 6.23. The Kier molecular flexibility index (Phi) is 8.19. The van der Waals surface area contributed by atoms with E-state index in [-0.39, 0.29) is 0 Å². The molecule has 6 nitrogen and oxygen atoms in total. The van der Waals surface area contributed by atoms with Gasteiger partial charge in [0.1, 0.15) is 12.2 Å². The number of nitrogens with one attached hydrogen (secondary N) is 2. The van der Waals surface area contributed by atoms with Gasteiger partial charge >= 0.3 is 0 Å². The molecule has 2 rings (SSSR count). The maximum Gasteiger partial charge on any atom is 0.191 e. The number of aromatic nitrogens is 3. The Morgan fingerprint density at radius 3 is 2.77 bits per heavy atom. The van der Waals surface area contributed by atoms with E-state index in [4.69, 9.17) is 23.2 Å². The van der Waals surface area contributed by atoms with Gasteiger partial charge in [-0.25, -0.2) is 4.99 Å². The van der Waals surface area contributed by atoms with Crippen molar-refractivity contribution in [2.45, 2.75) is 40.3 Å². The van der Waals surface area contributed by atoms with Gasteiger partial charge < -0.3 is 15.2 Å². The molecule has 0 amide bonds. The summed E-state index contributed by atoms with van der Waals surface area (Å²) in [4.78, 5) is 4.64. The number of rotatable bonds is 8. The Balaban J connectivity index is 1.97. The molecule has 8 heteroatoms. The molecule has 2 aromatic rings. The largest absolute Gasteiger partial charge is 0.356 e. The summed E-state index contributed by atoms with van der Waals surface area (Å²) in [6.45, 7) is 9.21. The Labute approximate surface area is 165 Å². The highest BCUT2D eigenvalue weighted by atomic mass is 35.5. The second-order valence-electron chi connectivity index (χ2n) is 6.40. The normalized spacial score (nSPS) is 11.8. The van der Waals surface area contributed by atoms with E-state index in [2.05, 4.69) is 46.6 Å². The number of benzene rings is 1. The van der Waals surface area contributed by atoms with Crippen LogP contribution >= 0.6 is 23.2 Å². The lowest BCUT2D eigenvalue weighted by molar-refractivity contribution is 0.599. The van der Waals surface area contributed by atoms with Gasteiger partial charge in [0.2, 0.25) is 0 Å². The summed E-state index contributed by atoms with van der Waals surface area (Å²) in [5.41, 5.74) is 0.939. The molecule has 0 saturated heterocycles. The van der Waals surface area contributed by atoms with Crippen molar-refractivity contribution < 1.29 is 0 Å². The van der Waals surface area contributed by atoms with E-state index in [1.807, 2.05) is 16.7 Å². The quantitative estimate of drug-likeness (QED) is 0.528. The molecule has 1 aromatic carbocycles. The lowest BCUT2D eigenvalue weighted by Crippen LogP contribution is -2.40. The summed E-state index contributed by atoms with van der Waals surface area (Å²) in [6.07, 6.45) is 2.62. The van der Waals surface area contributed by atoms with Crippen LogP contribution in [0.1, 0.15) is 32.2 Å².